The van der Waals surface area contributed by atoms with E-state index in [1.165, 1.54) is 12.1 Å². The number of rotatable bonds is 7. The Labute approximate surface area is 184 Å². The van der Waals surface area contributed by atoms with Gasteiger partial charge in [-0.1, -0.05) is 12.1 Å². The first-order valence-electron chi connectivity index (χ1n) is 9.33. The summed E-state index contributed by atoms with van der Waals surface area (Å²) >= 11 is 0. The van der Waals surface area contributed by atoms with E-state index in [9.17, 15) is 16.8 Å². The van der Waals surface area contributed by atoms with Gasteiger partial charge in [-0.15, -0.1) is 0 Å². The quantitative estimate of drug-likeness (QED) is 0.203. The Hall–Kier alpha value is -2.60. The molecule has 15 heteroatoms. The highest BCUT2D eigenvalue weighted by molar-refractivity contribution is 7.92. The zero-order chi connectivity index (χ0) is 22.9. The second kappa shape index (κ2) is 8.74. The van der Waals surface area contributed by atoms with Crippen LogP contribution in [0.25, 0.3) is 22.0 Å². The van der Waals surface area contributed by atoms with Gasteiger partial charge in [0.1, 0.15) is 16.0 Å². The van der Waals surface area contributed by atoms with Crippen LogP contribution in [0.4, 0.5) is 0 Å². The lowest BCUT2D eigenvalue weighted by atomic mass is 9.96. The molecule has 32 heavy (non-hydrogen) atoms. The fraction of sp³-hybridized carbons (Fsp3) is 0.176. The highest BCUT2D eigenvalue weighted by Gasteiger charge is 2.34. The van der Waals surface area contributed by atoms with Crippen LogP contribution in [0.5, 0.6) is 0 Å². The highest BCUT2D eigenvalue weighted by atomic mass is 32.2. The molecular formula is C17H21N9O4S2. The number of primary sulfonamides is 1. The lowest BCUT2D eigenvalue weighted by molar-refractivity contribution is 0.533. The van der Waals surface area contributed by atoms with Crippen molar-refractivity contribution in [3.63, 3.8) is 0 Å². The van der Waals surface area contributed by atoms with Gasteiger partial charge in [-0.3, -0.25) is 9.97 Å². The Kier molecular flexibility index (Phi) is 6.17. The van der Waals surface area contributed by atoms with Crippen molar-refractivity contribution in [2.75, 3.05) is 13.1 Å². The van der Waals surface area contributed by atoms with E-state index in [2.05, 4.69) is 36.6 Å². The van der Waals surface area contributed by atoms with Crippen molar-refractivity contribution in [2.45, 2.75) is 16.0 Å². The minimum absolute atomic E-state index is 0.0309. The summed E-state index contributed by atoms with van der Waals surface area (Å²) in [6, 6.07) is 6.24. The molecule has 0 amide bonds. The molecule has 1 aliphatic heterocycles. The van der Waals surface area contributed by atoms with Gasteiger partial charge in [0.25, 0.3) is 0 Å². The van der Waals surface area contributed by atoms with Gasteiger partial charge in [-0.05, 0) is 17.7 Å². The largest absolute Gasteiger partial charge is 0.329 e. The van der Waals surface area contributed by atoms with Crippen LogP contribution >= 0.6 is 0 Å². The van der Waals surface area contributed by atoms with E-state index in [-0.39, 0.29) is 18.7 Å². The molecule has 1 aromatic carbocycles. The third-order valence-electron chi connectivity index (χ3n) is 4.77. The van der Waals surface area contributed by atoms with E-state index in [0.717, 1.165) is 0 Å². The first-order chi connectivity index (χ1) is 15.2. The van der Waals surface area contributed by atoms with Crippen molar-refractivity contribution < 1.29 is 16.8 Å². The van der Waals surface area contributed by atoms with Crippen LogP contribution in [0.1, 0.15) is 11.7 Å². The molecule has 0 saturated carbocycles. The van der Waals surface area contributed by atoms with Crippen molar-refractivity contribution in [1.82, 2.24) is 36.6 Å². The van der Waals surface area contributed by atoms with E-state index in [1.807, 2.05) is 0 Å². The molecule has 3 aromatic rings. The third kappa shape index (κ3) is 4.20. The summed E-state index contributed by atoms with van der Waals surface area (Å²) in [6.07, 6.45) is 3.86. The first-order valence-corrected chi connectivity index (χ1v) is 12.4. The molecule has 3 heterocycles. The molecule has 0 bridgehead atoms. The van der Waals surface area contributed by atoms with E-state index in [4.69, 9.17) is 10.9 Å². The van der Waals surface area contributed by atoms with Gasteiger partial charge in [0.15, 0.2) is 0 Å². The van der Waals surface area contributed by atoms with E-state index in [1.54, 1.807) is 30.7 Å². The molecule has 9 N–H and O–H groups in total. The maximum Gasteiger partial charge on any atom is 0.241 e. The summed E-state index contributed by atoms with van der Waals surface area (Å²) in [5, 5.41) is 6.24. The maximum absolute atomic E-state index is 12.9. The van der Waals surface area contributed by atoms with E-state index < -0.39 is 36.0 Å². The lowest BCUT2D eigenvalue weighted by Gasteiger charge is -2.22. The summed E-state index contributed by atoms with van der Waals surface area (Å²) in [5.74, 6) is 0. The normalized spacial score (nSPS) is 15.4. The van der Waals surface area contributed by atoms with Crippen LogP contribution in [-0.2, 0) is 20.0 Å². The van der Waals surface area contributed by atoms with Gasteiger partial charge >= 0.3 is 0 Å². The van der Waals surface area contributed by atoms with Crippen molar-refractivity contribution >= 4 is 30.9 Å². The van der Waals surface area contributed by atoms with E-state index in [0.29, 0.717) is 22.0 Å². The van der Waals surface area contributed by atoms with Gasteiger partial charge < -0.3 is 5.73 Å². The third-order valence-corrected chi connectivity index (χ3v) is 7.42. The maximum atomic E-state index is 12.9. The predicted octanol–water partition coefficient (Wildman–Crippen LogP) is -1.70. The Morgan fingerprint density at radius 3 is 2.47 bits per heavy atom. The number of pyridine rings is 2. The number of sulfonamides is 2. The monoisotopic (exact) mass is 479 g/mol. The zero-order valence-electron chi connectivity index (χ0n) is 16.5. The number of nitrogens with zero attached hydrogens (tertiary/aromatic N) is 2. The molecule has 2 aromatic heterocycles. The van der Waals surface area contributed by atoms with Gasteiger partial charge in [0.2, 0.25) is 20.0 Å². The smallest absolute Gasteiger partial charge is 0.241 e. The molecule has 13 nitrogen and oxygen atoms in total. The number of aromatic nitrogens is 2. The molecular weight excluding hydrogens is 458 g/mol. The first kappa shape index (κ1) is 22.6. The number of hydrogen-bond donors (Lipinski definition) is 7. The average Bonchev–Trinajstić information content (AvgIpc) is 3.30. The molecule has 0 aliphatic carbocycles. The van der Waals surface area contributed by atoms with Gasteiger partial charge in [0.05, 0.1) is 11.7 Å². The van der Waals surface area contributed by atoms with E-state index >= 15 is 0 Å². The Balaban J connectivity index is 2.08. The van der Waals surface area contributed by atoms with Crippen LogP contribution < -0.4 is 37.5 Å². The predicted molar refractivity (Wildman–Crippen MR) is 116 cm³/mol. The average molecular weight is 480 g/mol. The summed E-state index contributed by atoms with van der Waals surface area (Å²) in [5.41, 5.74) is 17.8. The van der Waals surface area contributed by atoms with Crippen molar-refractivity contribution in [1.29, 1.82) is 0 Å². The second-order valence-electron chi connectivity index (χ2n) is 6.81. The van der Waals surface area contributed by atoms with Crippen LogP contribution in [0.15, 0.2) is 52.6 Å². The Bertz CT molecular complexity index is 1370. The number of nitrogens with one attached hydrogen (secondary N) is 5. The SMILES string of the molecule is NCCNS(=O)(=O)c1ccc(-c2cncc3ncccc23)c(C2NNNN2)c1S(N)(=O)=O. The second-order valence-corrected chi connectivity index (χ2v) is 10.0. The molecule has 0 radical (unpaired) electrons. The zero-order valence-corrected chi connectivity index (χ0v) is 18.2. The van der Waals surface area contributed by atoms with Crippen LogP contribution in [0.3, 0.4) is 0 Å². The number of nitrogens with two attached hydrogens (primary N) is 2. The molecule has 0 unspecified atom stereocenters. The fourth-order valence-electron chi connectivity index (χ4n) is 3.49. The number of benzene rings is 1. The molecule has 170 valence electrons. The van der Waals surface area contributed by atoms with Gasteiger partial charge in [-0.25, -0.2) is 37.5 Å². The van der Waals surface area contributed by atoms with Crippen molar-refractivity contribution in [3.05, 3.63) is 48.4 Å². The number of hydrogen-bond acceptors (Lipinski definition) is 11. The topological polar surface area (TPSA) is 206 Å². The minimum atomic E-state index is -4.52. The minimum Gasteiger partial charge on any atom is -0.329 e. The van der Waals surface area contributed by atoms with Crippen LogP contribution in [-0.4, -0.2) is 39.9 Å². The lowest BCUT2D eigenvalue weighted by Crippen LogP contribution is -2.33. The highest BCUT2D eigenvalue weighted by Crippen LogP contribution is 2.38. The summed E-state index contributed by atoms with van der Waals surface area (Å²) in [4.78, 5) is 7.43. The van der Waals surface area contributed by atoms with Gasteiger partial charge in [-0.2, -0.15) is 11.1 Å². The molecule has 0 spiro atoms. The van der Waals surface area contributed by atoms with Crippen LogP contribution in [0, 0.1) is 0 Å². The molecule has 4 rings (SSSR count). The summed E-state index contributed by atoms with van der Waals surface area (Å²) in [7, 11) is -8.76. The standard InChI is InChI=1S/C17H21N9O4S2/c18-5-7-22-32(29,30)14-4-3-11(12-8-20-9-13-10(12)2-1-6-21-13)15(16(14)31(19,27)28)17-23-25-26-24-17/h1-4,6,8-9,17,22-26H,5,7,18H2,(H2,19,27,28). The Morgan fingerprint density at radius 1 is 1.03 bits per heavy atom. The Morgan fingerprint density at radius 2 is 1.78 bits per heavy atom. The molecule has 1 saturated heterocycles. The summed E-state index contributed by atoms with van der Waals surface area (Å²) < 4.78 is 53.6. The number of fused-ring (bicyclic) bond motifs is 1. The van der Waals surface area contributed by atoms with Crippen molar-refractivity contribution in [2.24, 2.45) is 10.9 Å². The molecule has 0 atom stereocenters. The van der Waals surface area contributed by atoms with Crippen LogP contribution in [0.2, 0.25) is 0 Å². The fourth-order valence-corrected chi connectivity index (χ4v) is 6.19. The summed E-state index contributed by atoms with van der Waals surface area (Å²) in [6.45, 7) is -0.0471. The molecule has 1 aliphatic rings. The van der Waals surface area contributed by atoms with Crippen molar-refractivity contribution in [3.8, 4) is 11.1 Å². The van der Waals surface area contributed by atoms with Gasteiger partial charge in [0, 0.05) is 42.0 Å². The number of hydrazine groups is 3. The molecule has 1 fully saturated rings.